The van der Waals surface area contributed by atoms with E-state index in [1.807, 2.05) is 0 Å². The molecule has 0 aromatic heterocycles. The maximum absolute atomic E-state index is 12.7. The van der Waals surface area contributed by atoms with Crippen molar-refractivity contribution in [3.05, 3.63) is 29.8 Å². The zero-order chi connectivity index (χ0) is 20.1. The second-order valence-corrected chi connectivity index (χ2v) is 6.80. The first-order valence-corrected chi connectivity index (χ1v) is 9.30. The molecule has 0 saturated carbocycles. The number of carbonyl (C=O) groups is 4. The number of hydrogen-bond donors (Lipinski definition) is 3. The van der Waals surface area contributed by atoms with E-state index in [0.717, 1.165) is 0 Å². The Morgan fingerprint density at radius 3 is 2.75 bits per heavy atom. The molecule has 2 aliphatic heterocycles. The highest BCUT2D eigenvalue weighted by atomic mass is 16.5. The molecule has 150 valence electrons. The van der Waals surface area contributed by atoms with Crippen molar-refractivity contribution in [1.82, 2.24) is 15.5 Å². The van der Waals surface area contributed by atoms with Crippen LogP contribution in [0, 0.1) is 0 Å². The summed E-state index contributed by atoms with van der Waals surface area (Å²) in [5.74, 6) is -2.35. The smallest absolute Gasteiger partial charge is 0.326 e. The predicted molar refractivity (Wildman–Crippen MR) is 97.8 cm³/mol. The fourth-order valence-corrected chi connectivity index (χ4v) is 3.43. The van der Waals surface area contributed by atoms with E-state index in [9.17, 15) is 24.3 Å². The first kappa shape index (κ1) is 19.7. The number of carbonyl (C=O) groups excluding carboxylic acids is 3. The number of aliphatic carboxylic acids is 1. The number of fused-ring (bicyclic) bond motifs is 2. The molecule has 1 saturated heterocycles. The molecule has 3 N–H and O–H groups in total. The Bertz CT molecular complexity index is 781. The van der Waals surface area contributed by atoms with Gasteiger partial charge in [-0.1, -0.05) is 12.1 Å². The molecule has 0 spiro atoms. The quantitative estimate of drug-likeness (QED) is 0.628. The van der Waals surface area contributed by atoms with E-state index in [0.29, 0.717) is 38.1 Å². The number of carboxylic acids is 1. The Morgan fingerprint density at radius 1 is 1.18 bits per heavy atom. The summed E-state index contributed by atoms with van der Waals surface area (Å²) in [5, 5.41) is 14.7. The number of amides is 3. The number of rotatable bonds is 1. The van der Waals surface area contributed by atoms with Crippen molar-refractivity contribution in [2.75, 3.05) is 19.7 Å². The van der Waals surface area contributed by atoms with E-state index in [4.69, 9.17) is 4.74 Å². The number of para-hydroxylation sites is 1. The Hall–Kier alpha value is -3.10. The minimum absolute atomic E-state index is 0.194. The van der Waals surface area contributed by atoms with Crippen molar-refractivity contribution < 1.29 is 29.0 Å². The summed E-state index contributed by atoms with van der Waals surface area (Å²) >= 11 is 0. The van der Waals surface area contributed by atoms with Gasteiger partial charge in [-0.05, 0) is 31.4 Å². The third kappa shape index (κ3) is 4.41. The van der Waals surface area contributed by atoms with Crippen LogP contribution >= 0.6 is 0 Å². The minimum atomic E-state index is -1.40. The molecule has 1 aromatic carbocycles. The number of ether oxygens (including phenoxy) is 1. The molecule has 0 aliphatic carbocycles. The topological polar surface area (TPSA) is 125 Å². The first-order valence-electron chi connectivity index (χ1n) is 9.30. The van der Waals surface area contributed by atoms with E-state index < -0.39 is 36.3 Å². The van der Waals surface area contributed by atoms with Gasteiger partial charge in [-0.15, -0.1) is 0 Å². The van der Waals surface area contributed by atoms with E-state index in [1.165, 1.54) is 11.0 Å². The standard InChI is InChI=1S/C19H23N3O6/c23-16-11-13(19(26)27)21-17(24)12-5-1-2-7-15(12)28-10-4-8-20-18(25)14-6-3-9-22(14)16/h1-2,5,7,13-14H,3-4,6,8-11H2,(H,20,25)(H,21,24)(H,26,27)/t13-,14+/m0/s1. The molecule has 1 fully saturated rings. The van der Waals surface area contributed by atoms with Crippen LogP contribution in [0.4, 0.5) is 0 Å². The van der Waals surface area contributed by atoms with E-state index in [-0.39, 0.29) is 18.1 Å². The van der Waals surface area contributed by atoms with Crippen LogP contribution in [0.15, 0.2) is 24.3 Å². The Kier molecular flexibility index (Phi) is 6.13. The van der Waals surface area contributed by atoms with Crippen molar-refractivity contribution in [2.45, 2.75) is 37.8 Å². The minimum Gasteiger partial charge on any atom is -0.493 e. The van der Waals surface area contributed by atoms with Gasteiger partial charge in [-0.25, -0.2) is 4.79 Å². The van der Waals surface area contributed by atoms with Gasteiger partial charge in [-0.2, -0.15) is 0 Å². The second kappa shape index (κ2) is 8.73. The lowest BCUT2D eigenvalue weighted by molar-refractivity contribution is -0.144. The van der Waals surface area contributed by atoms with E-state index in [1.54, 1.807) is 18.2 Å². The fourth-order valence-electron chi connectivity index (χ4n) is 3.43. The fraction of sp³-hybridized carbons (Fsp3) is 0.474. The lowest BCUT2D eigenvalue weighted by atomic mass is 10.1. The Labute approximate surface area is 162 Å². The van der Waals surface area contributed by atoms with Gasteiger partial charge in [0.05, 0.1) is 18.6 Å². The maximum Gasteiger partial charge on any atom is 0.326 e. The van der Waals surface area contributed by atoms with Gasteiger partial charge >= 0.3 is 5.97 Å². The van der Waals surface area contributed by atoms with Crippen molar-refractivity contribution >= 4 is 23.7 Å². The van der Waals surface area contributed by atoms with Crippen LogP contribution in [-0.2, 0) is 14.4 Å². The third-order valence-electron chi connectivity index (χ3n) is 4.87. The van der Waals surface area contributed by atoms with Gasteiger partial charge in [0.1, 0.15) is 17.8 Å². The molecule has 1 aromatic rings. The number of nitrogens with zero attached hydrogens (tertiary/aromatic N) is 1. The molecule has 0 bridgehead atoms. The molecule has 3 rings (SSSR count). The zero-order valence-corrected chi connectivity index (χ0v) is 15.3. The molecule has 28 heavy (non-hydrogen) atoms. The van der Waals surface area contributed by atoms with Crippen LogP contribution in [-0.4, -0.2) is 65.5 Å². The molecular weight excluding hydrogens is 366 g/mol. The van der Waals surface area contributed by atoms with Crippen LogP contribution in [0.25, 0.3) is 0 Å². The summed E-state index contributed by atoms with van der Waals surface area (Å²) in [6.45, 7) is 1.05. The van der Waals surface area contributed by atoms with Gasteiger partial charge in [0.2, 0.25) is 11.8 Å². The Morgan fingerprint density at radius 2 is 1.96 bits per heavy atom. The van der Waals surface area contributed by atoms with E-state index >= 15 is 0 Å². The molecule has 9 heteroatoms. The summed E-state index contributed by atoms with van der Waals surface area (Å²) in [6.07, 6.45) is 1.31. The predicted octanol–water partition coefficient (Wildman–Crippen LogP) is 0.149. The van der Waals surface area contributed by atoms with Crippen molar-refractivity contribution in [3.8, 4) is 5.75 Å². The van der Waals surface area contributed by atoms with Crippen LogP contribution < -0.4 is 15.4 Å². The summed E-state index contributed by atoms with van der Waals surface area (Å²) in [4.78, 5) is 50.7. The van der Waals surface area contributed by atoms with Crippen molar-refractivity contribution in [3.63, 3.8) is 0 Å². The molecule has 2 aliphatic rings. The van der Waals surface area contributed by atoms with Crippen LogP contribution in [0.3, 0.4) is 0 Å². The van der Waals surface area contributed by atoms with Crippen LogP contribution in [0.1, 0.15) is 36.0 Å². The normalized spacial score (nSPS) is 24.0. The second-order valence-electron chi connectivity index (χ2n) is 6.80. The molecule has 0 radical (unpaired) electrons. The largest absolute Gasteiger partial charge is 0.493 e. The number of benzene rings is 1. The number of nitrogens with one attached hydrogen (secondary N) is 2. The molecular formula is C19H23N3O6. The van der Waals surface area contributed by atoms with Crippen molar-refractivity contribution in [1.29, 1.82) is 0 Å². The maximum atomic E-state index is 12.7. The van der Waals surface area contributed by atoms with Gasteiger partial charge in [-0.3, -0.25) is 14.4 Å². The third-order valence-corrected chi connectivity index (χ3v) is 4.87. The Balaban J connectivity index is 1.86. The van der Waals surface area contributed by atoms with Gasteiger partial charge in [0, 0.05) is 13.1 Å². The average molecular weight is 389 g/mol. The first-order chi connectivity index (χ1) is 13.5. The van der Waals surface area contributed by atoms with Gasteiger partial charge in [0.15, 0.2) is 0 Å². The summed E-state index contributed by atoms with van der Waals surface area (Å²) in [6, 6.07) is 4.48. The zero-order valence-electron chi connectivity index (χ0n) is 15.3. The highest BCUT2D eigenvalue weighted by Crippen LogP contribution is 2.21. The average Bonchev–Trinajstić information content (AvgIpc) is 3.16. The lowest BCUT2D eigenvalue weighted by Crippen LogP contribution is -2.49. The molecule has 0 unspecified atom stereocenters. The molecule has 9 nitrogen and oxygen atoms in total. The lowest BCUT2D eigenvalue weighted by Gasteiger charge is -2.25. The summed E-state index contributed by atoms with van der Waals surface area (Å²) < 4.78 is 5.64. The van der Waals surface area contributed by atoms with E-state index in [2.05, 4.69) is 10.6 Å². The monoisotopic (exact) mass is 389 g/mol. The highest BCUT2D eigenvalue weighted by Gasteiger charge is 2.36. The number of hydrogen-bond acceptors (Lipinski definition) is 5. The van der Waals surface area contributed by atoms with Crippen LogP contribution in [0.5, 0.6) is 5.75 Å². The SMILES string of the molecule is O=C1N[C@H](C(=O)O)CC(=O)N2CCC[C@@H]2C(=O)NCCCOc2ccccc21. The summed E-state index contributed by atoms with van der Waals surface area (Å²) in [7, 11) is 0. The highest BCUT2D eigenvalue weighted by molar-refractivity contribution is 6.00. The molecule has 2 atom stereocenters. The van der Waals surface area contributed by atoms with Crippen LogP contribution in [0.2, 0.25) is 0 Å². The summed E-state index contributed by atoms with van der Waals surface area (Å²) in [5.41, 5.74) is 0.194. The van der Waals surface area contributed by atoms with Gasteiger partial charge < -0.3 is 25.4 Å². The van der Waals surface area contributed by atoms with Crippen molar-refractivity contribution in [2.24, 2.45) is 0 Å². The molecule has 3 amide bonds. The molecule has 2 heterocycles. The van der Waals surface area contributed by atoms with Gasteiger partial charge in [0.25, 0.3) is 5.91 Å². The number of carboxylic acid groups (broad SMARTS) is 1.